The van der Waals surface area contributed by atoms with Crippen molar-refractivity contribution in [2.45, 2.75) is 39.9 Å². The minimum Gasteiger partial charge on any atom is -0.547 e. The molecule has 2 atom stereocenters. The molecule has 0 spiro atoms. The molecule has 0 aliphatic rings. The second-order valence-corrected chi connectivity index (χ2v) is 2.83. The summed E-state index contributed by atoms with van der Waals surface area (Å²) in [5.74, 6) is -2.32. The summed E-state index contributed by atoms with van der Waals surface area (Å²) in [4.78, 5) is 19.7. The molecule has 0 saturated heterocycles. The van der Waals surface area contributed by atoms with Gasteiger partial charge in [-0.2, -0.15) is 0 Å². The van der Waals surface area contributed by atoms with Gasteiger partial charge in [-0.15, -0.1) is 0 Å². The first-order valence-corrected chi connectivity index (χ1v) is 5.01. The number of carboxylic acids is 2. The van der Waals surface area contributed by atoms with E-state index in [1.807, 2.05) is 0 Å². The summed E-state index contributed by atoms with van der Waals surface area (Å²) in [5.41, 5.74) is 0. The molecule has 0 aromatic carbocycles. The van der Waals surface area contributed by atoms with Gasteiger partial charge < -0.3 is 29.3 Å². The number of carbonyl (C=O) groups excluding carboxylic acids is 2. The van der Waals surface area contributed by atoms with Crippen LogP contribution in [-0.2, 0) is 19.1 Å². The zero-order valence-corrected chi connectivity index (χ0v) is 12.9. The van der Waals surface area contributed by atoms with Crippen LogP contribution in [0.15, 0.2) is 0 Å². The van der Waals surface area contributed by atoms with Gasteiger partial charge in [0.2, 0.25) is 0 Å². The molecule has 0 fully saturated rings. The van der Waals surface area contributed by atoms with Crippen molar-refractivity contribution in [3.05, 3.63) is 0 Å². The Bertz CT molecular complexity index is 187. The molecule has 0 N–H and O–H groups in total. The van der Waals surface area contributed by atoms with Crippen LogP contribution in [0.2, 0.25) is 0 Å². The van der Waals surface area contributed by atoms with Gasteiger partial charge in [0.05, 0.1) is 24.1 Å². The van der Waals surface area contributed by atoms with Crippen molar-refractivity contribution in [1.29, 1.82) is 0 Å². The van der Waals surface area contributed by atoms with E-state index in [4.69, 9.17) is 0 Å². The molecule has 0 aliphatic heterocycles. The fourth-order valence-electron chi connectivity index (χ4n) is 0.636. The van der Waals surface area contributed by atoms with E-state index in [0.717, 1.165) is 0 Å². The van der Waals surface area contributed by atoms with Gasteiger partial charge in [-0.05, 0) is 27.7 Å². The van der Waals surface area contributed by atoms with E-state index in [0.29, 0.717) is 13.2 Å². The van der Waals surface area contributed by atoms with Crippen LogP contribution in [0.3, 0.4) is 0 Å². The first-order chi connectivity index (χ1) is 7.36. The van der Waals surface area contributed by atoms with Crippen LogP contribution in [0.25, 0.3) is 0 Å². The monoisotopic (exact) mass is 274 g/mol. The van der Waals surface area contributed by atoms with Gasteiger partial charge in [-0.3, -0.25) is 0 Å². The van der Waals surface area contributed by atoms with Gasteiger partial charge in [0.25, 0.3) is 0 Å². The van der Waals surface area contributed by atoms with Crippen molar-refractivity contribution in [3.8, 4) is 0 Å². The predicted molar refractivity (Wildman–Crippen MR) is 57.9 cm³/mol. The van der Waals surface area contributed by atoms with Crippen LogP contribution in [0.5, 0.6) is 0 Å². The maximum Gasteiger partial charge on any atom is 2.00 e. The molecule has 0 aromatic rings. The Morgan fingerprint density at radius 3 is 1.24 bits per heavy atom. The summed E-state index contributed by atoms with van der Waals surface area (Å²) in [6.07, 6.45) is -1.56. The molecule has 0 unspecified atom stereocenters. The van der Waals surface area contributed by atoms with Crippen molar-refractivity contribution >= 4 is 49.7 Å². The van der Waals surface area contributed by atoms with E-state index >= 15 is 0 Å². The maximum absolute atomic E-state index is 9.85. The number of ether oxygens (including phenoxy) is 2. The van der Waals surface area contributed by atoms with Crippen molar-refractivity contribution in [2.24, 2.45) is 0 Å². The third-order valence-electron chi connectivity index (χ3n) is 1.50. The number of hydrogen-bond acceptors (Lipinski definition) is 6. The van der Waals surface area contributed by atoms with Gasteiger partial charge in [-0.25, -0.2) is 0 Å². The molecule has 0 bridgehead atoms. The van der Waals surface area contributed by atoms with Crippen LogP contribution in [0.1, 0.15) is 27.7 Å². The van der Waals surface area contributed by atoms with Crippen molar-refractivity contribution in [3.63, 3.8) is 0 Å². The van der Waals surface area contributed by atoms with Gasteiger partial charge in [-0.1, -0.05) is 0 Å². The third kappa shape index (κ3) is 16.1. The standard InChI is InChI=1S/2C5H10O3.Ca/c2*1-3-8-4(2)5(6)7;/h2*4H,3H2,1-2H3,(H,6,7);/q;;+2/p-2/t2*4-;/m00./s1. The zero-order chi connectivity index (χ0) is 13.1. The molecule has 0 saturated carbocycles. The number of carbonyl (C=O) groups is 2. The summed E-state index contributed by atoms with van der Waals surface area (Å²) in [6, 6.07) is 0. The Hall–Kier alpha value is 0.120. The second kappa shape index (κ2) is 14.2. The summed E-state index contributed by atoms with van der Waals surface area (Å²) >= 11 is 0. The minimum absolute atomic E-state index is 0. The predicted octanol–water partition coefficient (Wildman–Crippen LogP) is -2.06. The molecular weight excluding hydrogens is 256 g/mol. The Morgan fingerprint density at radius 2 is 1.18 bits per heavy atom. The molecule has 0 aliphatic carbocycles. The molecule has 0 heterocycles. The van der Waals surface area contributed by atoms with E-state index in [9.17, 15) is 19.8 Å². The van der Waals surface area contributed by atoms with Crippen molar-refractivity contribution < 1.29 is 29.3 Å². The number of rotatable bonds is 6. The fraction of sp³-hybridized carbons (Fsp3) is 0.800. The summed E-state index contributed by atoms with van der Waals surface area (Å²) in [7, 11) is 0. The number of hydrogen-bond donors (Lipinski definition) is 0. The van der Waals surface area contributed by atoms with E-state index < -0.39 is 24.1 Å². The maximum atomic E-state index is 9.85. The SMILES string of the molecule is CCO[C@@H](C)C(=O)[O-].CCO[C@@H](C)C(=O)[O-].[Ca+2]. The van der Waals surface area contributed by atoms with Crippen molar-refractivity contribution in [1.82, 2.24) is 0 Å². The zero-order valence-electron chi connectivity index (χ0n) is 10.7. The average molecular weight is 274 g/mol. The van der Waals surface area contributed by atoms with E-state index in [1.165, 1.54) is 13.8 Å². The molecular formula is C10H18CaO6. The Kier molecular flexibility index (Phi) is 18.6. The van der Waals surface area contributed by atoms with Crippen LogP contribution in [0.4, 0.5) is 0 Å². The first kappa shape index (κ1) is 22.3. The van der Waals surface area contributed by atoms with Crippen LogP contribution in [0, 0.1) is 0 Å². The molecule has 17 heavy (non-hydrogen) atoms. The van der Waals surface area contributed by atoms with Crippen LogP contribution >= 0.6 is 0 Å². The quantitative estimate of drug-likeness (QED) is 0.517. The smallest absolute Gasteiger partial charge is 0.547 e. The Labute approximate surface area is 131 Å². The molecule has 0 radical (unpaired) electrons. The van der Waals surface area contributed by atoms with Gasteiger partial charge in [0, 0.05) is 13.2 Å². The number of carboxylic acid groups (broad SMARTS) is 2. The summed E-state index contributed by atoms with van der Waals surface area (Å²) in [5, 5.41) is 19.7. The fourth-order valence-corrected chi connectivity index (χ4v) is 0.636. The van der Waals surface area contributed by atoms with Crippen LogP contribution < -0.4 is 10.2 Å². The average Bonchev–Trinajstić information content (AvgIpc) is 2.19. The topological polar surface area (TPSA) is 98.7 Å². The summed E-state index contributed by atoms with van der Waals surface area (Å²) < 4.78 is 9.28. The molecule has 7 heteroatoms. The second-order valence-electron chi connectivity index (χ2n) is 2.83. The molecule has 0 aromatic heterocycles. The third-order valence-corrected chi connectivity index (χ3v) is 1.50. The van der Waals surface area contributed by atoms with E-state index in [2.05, 4.69) is 9.47 Å². The van der Waals surface area contributed by atoms with E-state index in [-0.39, 0.29) is 37.7 Å². The molecule has 96 valence electrons. The van der Waals surface area contributed by atoms with Gasteiger partial charge >= 0.3 is 37.7 Å². The normalized spacial score (nSPS) is 12.5. The van der Waals surface area contributed by atoms with Crippen LogP contribution in [-0.4, -0.2) is 75.1 Å². The van der Waals surface area contributed by atoms with Gasteiger partial charge in [0.1, 0.15) is 0 Å². The van der Waals surface area contributed by atoms with Crippen molar-refractivity contribution in [2.75, 3.05) is 13.2 Å². The Morgan fingerprint density at radius 1 is 0.941 bits per heavy atom. The minimum atomic E-state index is -1.16. The Balaban J connectivity index is -0.000000218. The number of aliphatic carboxylic acids is 2. The molecule has 0 amide bonds. The first-order valence-electron chi connectivity index (χ1n) is 5.01. The van der Waals surface area contributed by atoms with E-state index in [1.54, 1.807) is 13.8 Å². The van der Waals surface area contributed by atoms with Gasteiger partial charge in [0.15, 0.2) is 0 Å². The molecule has 0 rings (SSSR count). The summed E-state index contributed by atoms with van der Waals surface area (Å²) in [6.45, 7) is 7.18. The molecule has 6 nitrogen and oxygen atoms in total. The largest absolute Gasteiger partial charge is 2.00 e.